The highest BCUT2D eigenvalue weighted by Crippen LogP contribution is 2.26. The van der Waals surface area contributed by atoms with E-state index in [4.69, 9.17) is 11.6 Å². The molecule has 0 aliphatic heterocycles. The molecule has 0 saturated carbocycles. The van der Waals surface area contributed by atoms with Gasteiger partial charge in [-0.05, 0) is 61.7 Å². The van der Waals surface area contributed by atoms with Crippen molar-refractivity contribution in [2.24, 2.45) is 0 Å². The van der Waals surface area contributed by atoms with Crippen LogP contribution < -0.4 is 9.62 Å². The minimum atomic E-state index is -3.79. The number of carbonyl (C=O) groups is 2. The number of rotatable bonds is 11. The average Bonchev–Trinajstić information content (AvgIpc) is 2.75. The van der Waals surface area contributed by atoms with E-state index in [1.165, 1.54) is 4.90 Å². The summed E-state index contributed by atoms with van der Waals surface area (Å²) in [7, 11) is -3.79. The van der Waals surface area contributed by atoms with Gasteiger partial charge in [-0.2, -0.15) is 0 Å². The zero-order valence-corrected chi connectivity index (χ0v) is 23.0. The second-order valence-corrected chi connectivity index (χ2v) is 11.4. The summed E-state index contributed by atoms with van der Waals surface area (Å²) in [5, 5.41) is 3.33. The highest BCUT2D eigenvalue weighted by atomic mass is 79.9. The average molecular weight is 573 g/mol. The van der Waals surface area contributed by atoms with Gasteiger partial charge in [-0.1, -0.05) is 53.0 Å². The maximum Gasteiger partial charge on any atom is 0.244 e. The summed E-state index contributed by atoms with van der Waals surface area (Å²) in [5.74, 6) is -0.775. The van der Waals surface area contributed by atoms with Gasteiger partial charge in [0.05, 0.1) is 11.9 Å². The highest BCUT2D eigenvalue weighted by molar-refractivity contribution is 9.10. The lowest BCUT2D eigenvalue weighted by Crippen LogP contribution is -2.51. The number of nitrogens with one attached hydrogen (secondary N) is 1. The van der Waals surface area contributed by atoms with Crippen molar-refractivity contribution < 1.29 is 18.0 Å². The van der Waals surface area contributed by atoms with E-state index in [0.29, 0.717) is 22.8 Å². The molecule has 0 saturated heterocycles. The van der Waals surface area contributed by atoms with E-state index in [0.717, 1.165) is 33.4 Å². The van der Waals surface area contributed by atoms with Crippen molar-refractivity contribution in [1.82, 2.24) is 10.2 Å². The first-order valence-electron chi connectivity index (χ1n) is 11.0. The first-order valence-corrected chi connectivity index (χ1v) is 14.0. The van der Waals surface area contributed by atoms with Gasteiger partial charge in [0.2, 0.25) is 21.8 Å². The summed E-state index contributed by atoms with van der Waals surface area (Å²) in [6.45, 7) is 5.62. The topological polar surface area (TPSA) is 86.8 Å². The Kier molecular flexibility index (Phi) is 10.4. The molecule has 0 unspecified atom stereocenters. The smallest absolute Gasteiger partial charge is 0.244 e. The Morgan fingerprint density at radius 2 is 1.88 bits per heavy atom. The molecule has 2 aromatic carbocycles. The number of halogens is 2. The van der Waals surface area contributed by atoms with E-state index >= 15 is 0 Å². The van der Waals surface area contributed by atoms with Crippen LogP contribution in [0.15, 0.2) is 46.9 Å². The maximum absolute atomic E-state index is 13.5. The van der Waals surface area contributed by atoms with E-state index in [2.05, 4.69) is 21.2 Å². The third kappa shape index (κ3) is 7.99. The van der Waals surface area contributed by atoms with Gasteiger partial charge in [0.15, 0.2) is 0 Å². The van der Waals surface area contributed by atoms with Crippen molar-refractivity contribution in [3.63, 3.8) is 0 Å². The van der Waals surface area contributed by atoms with E-state index in [1.54, 1.807) is 32.0 Å². The molecule has 186 valence electrons. The number of hydrogen-bond donors (Lipinski definition) is 1. The van der Waals surface area contributed by atoms with Gasteiger partial charge in [0.1, 0.15) is 12.6 Å². The van der Waals surface area contributed by atoms with Crippen LogP contribution in [0, 0.1) is 6.92 Å². The number of sulfonamides is 1. The fraction of sp³-hybridized carbons (Fsp3) is 0.417. The van der Waals surface area contributed by atoms with E-state index in [-0.39, 0.29) is 12.5 Å². The van der Waals surface area contributed by atoms with Gasteiger partial charge in [-0.3, -0.25) is 13.9 Å². The lowest BCUT2D eigenvalue weighted by Gasteiger charge is -2.32. The Bertz CT molecular complexity index is 1130. The predicted molar refractivity (Wildman–Crippen MR) is 140 cm³/mol. The summed E-state index contributed by atoms with van der Waals surface area (Å²) in [5.41, 5.74) is 1.79. The van der Waals surface area contributed by atoms with Crippen LogP contribution in [0.5, 0.6) is 0 Å². The fourth-order valence-electron chi connectivity index (χ4n) is 3.44. The minimum Gasteiger partial charge on any atom is -0.354 e. The quantitative estimate of drug-likeness (QED) is 0.402. The molecule has 0 fully saturated rings. The van der Waals surface area contributed by atoms with Crippen LogP contribution >= 0.6 is 27.5 Å². The van der Waals surface area contributed by atoms with Crippen LogP contribution in [-0.2, 0) is 26.2 Å². The Labute approximate surface area is 215 Å². The standard InChI is InChI=1S/C24H31BrClN3O4S/c1-5-6-12-27-24(31)18(3)28(15-19-8-7-9-20(25)14-19)23(30)16-29(34(4,32)33)22-11-10-21(26)13-17(22)2/h7-11,13-14,18H,5-6,12,15-16H2,1-4H3,(H,27,31)/t18-/m0/s1. The van der Waals surface area contributed by atoms with Crippen molar-refractivity contribution in [3.8, 4) is 0 Å². The van der Waals surface area contributed by atoms with Gasteiger partial charge in [-0.25, -0.2) is 8.42 Å². The van der Waals surface area contributed by atoms with Gasteiger partial charge >= 0.3 is 0 Å². The number of unbranched alkanes of at least 4 members (excludes halogenated alkanes) is 1. The maximum atomic E-state index is 13.5. The normalized spacial score (nSPS) is 12.2. The monoisotopic (exact) mass is 571 g/mol. The minimum absolute atomic E-state index is 0.151. The molecule has 0 radical (unpaired) electrons. The van der Waals surface area contributed by atoms with Crippen LogP contribution in [-0.4, -0.2) is 50.5 Å². The first-order chi connectivity index (χ1) is 15.9. The van der Waals surface area contributed by atoms with Crippen LogP contribution in [0.4, 0.5) is 5.69 Å². The molecule has 1 N–H and O–H groups in total. The molecule has 0 bridgehead atoms. The molecule has 0 aromatic heterocycles. The zero-order chi connectivity index (χ0) is 25.5. The summed E-state index contributed by atoms with van der Waals surface area (Å²) in [4.78, 5) is 27.7. The second-order valence-electron chi connectivity index (χ2n) is 8.17. The van der Waals surface area contributed by atoms with E-state index in [1.807, 2.05) is 31.2 Å². The van der Waals surface area contributed by atoms with Crippen LogP contribution in [0.3, 0.4) is 0 Å². The third-order valence-corrected chi connectivity index (χ3v) is 7.20. The van der Waals surface area contributed by atoms with Crippen LogP contribution in [0.25, 0.3) is 0 Å². The Morgan fingerprint density at radius 3 is 2.47 bits per heavy atom. The molecule has 7 nitrogen and oxygen atoms in total. The highest BCUT2D eigenvalue weighted by Gasteiger charge is 2.30. The van der Waals surface area contributed by atoms with E-state index < -0.39 is 28.5 Å². The van der Waals surface area contributed by atoms with Crippen molar-refractivity contribution in [1.29, 1.82) is 0 Å². The Morgan fingerprint density at radius 1 is 1.18 bits per heavy atom. The van der Waals surface area contributed by atoms with Crippen molar-refractivity contribution in [2.45, 2.75) is 46.2 Å². The first kappa shape index (κ1) is 28.1. The van der Waals surface area contributed by atoms with Crippen molar-refractivity contribution in [3.05, 3.63) is 63.1 Å². The predicted octanol–water partition coefficient (Wildman–Crippen LogP) is 4.51. The molecule has 1 atom stereocenters. The second kappa shape index (κ2) is 12.6. The van der Waals surface area contributed by atoms with Gasteiger partial charge in [0, 0.05) is 22.6 Å². The number of nitrogens with zero attached hydrogens (tertiary/aromatic N) is 2. The zero-order valence-electron chi connectivity index (χ0n) is 19.8. The molecule has 10 heteroatoms. The summed E-state index contributed by atoms with van der Waals surface area (Å²) >= 11 is 9.46. The number of aryl methyl sites for hydroxylation is 1. The lowest BCUT2D eigenvalue weighted by atomic mass is 10.1. The number of carbonyl (C=O) groups excluding carboxylic acids is 2. The number of amides is 2. The molecule has 0 aliphatic rings. The summed E-state index contributed by atoms with van der Waals surface area (Å²) < 4.78 is 27.2. The molecule has 0 spiro atoms. The number of benzene rings is 2. The molecular formula is C24H31BrClN3O4S. The lowest BCUT2D eigenvalue weighted by molar-refractivity contribution is -0.139. The molecule has 2 rings (SSSR count). The van der Waals surface area contributed by atoms with Crippen LogP contribution in [0.2, 0.25) is 5.02 Å². The molecule has 2 aromatic rings. The third-order valence-electron chi connectivity index (χ3n) is 5.35. The fourth-order valence-corrected chi connectivity index (χ4v) is 5.02. The summed E-state index contributed by atoms with van der Waals surface area (Å²) in [6, 6.07) is 11.4. The largest absolute Gasteiger partial charge is 0.354 e. The molecule has 34 heavy (non-hydrogen) atoms. The van der Waals surface area contributed by atoms with Crippen molar-refractivity contribution in [2.75, 3.05) is 23.7 Å². The Balaban J connectivity index is 2.38. The van der Waals surface area contributed by atoms with Gasteiger partial charge < -0.3 is 10.2 Å². The van der Waals surface area contributed by atoms with Crippen LogP contribution in [0.1, 0.15) is 37.8 Å². The number of hydrogen-bond acceptors (Lipinski definition) is 4. The Hall–Kier alpha value is -2.10. The molecular weight excluding hydrogens is 542 g/mol. The van der Waals surface area contributed by atoms with Gasteiger partial charge in [0.25, 0.3) is 0 Å². The molecule has 2 amide bonds. The summed E-state index contributed by atoms with van der Waals surface area (Å²) in [6.07, 6.45) is 2.81. The van der Waals surface area contributed by atoms with E-state index in [9.17, 15) is 18.0 Å². The van der Waals surface area contributed by atoms with Gasteiger partial charge in [-0.15, -0.1) is 0 Å². The molecule has 0 heterocycles. The SMILES string of the molecule is CCCCNC(=O)[C@H](C)N(Cc1cccc(Br)c1)C(=O)CN(c1ccc(Cl)cc1C)S(C)(=O)=O. The van der Waals surface area contributed by atoms with Crippen molar-refractivity contribution >= 4 is 55.1 Å². The number of anilines is 1. The molecule has 0 aliphatic carbocycles.